The lowest BCUT2D eigenvalue weighted by atomic mass is 9.90. The maximum Gasteiger partial charge on any atom is 0.0138 e. The first kappa shape index (κ1) is 103. The van der Waals surface area contributed by atoms with E-state index in [0.717, 1.165) is 5.25 Å². The molecule has 0 nitrogen and oxygen atoms in total. The molecular weight excluding hydrogens is 1200 g/mol. The van der Waals surface area contributed by atoms with Crippen molar-refractivity contribution in [1.82, 2.24) is 0 Å². The molecule has 0 saturated carbocycles. The van der Waals surface area contributed by atoms with Crippen LogP contribution in [-0.2, 0) is 0 Å². The topological polar surface area (TPSA) is 0 Å². The Morgan fingerprint density at radius 3 is 0.622 bits per heavy atom. The SMILES string of the molecule is CCCC(C)(C)C.CCCCCCCCCCCCCCCCSCCC(C)(C)C.CCCCCCCCCCCCSCCC(C)(C)C.CCCCCCCCSCCC(C)(C)C.CCCSCC(CCC(C)(C)C)SCCC.CCCSCCC(C)(C)C. The highest BCUT2D eigenvalue weighted by Crippen LogP contribution is 2.30. The second-order valence-electron chi connectivity index (χ2n) is 34.2. The molecule has 1 atom stereocenters. The highest BCUT2D eigenvalue weighted by atomic mass is 32.2. The molecule has 0 N–H and O–H groups in total. The van der Waals surface area contributed by atoms with Crippen molar-refractivity contribution in [2.45, 2.75) is 442 Å². The molecule has 0 aliphatic rings. The predicted molar refractivity (Wildman–Crippen MR) is 449 cm³/mol. The van der Waals surface area contributed by atoms with Crippen LogP contribution < -0.4 is 0 Å². The smallest absolute Gasteiger partial charge is 0.0138 e. The van der Waals surface area contributed by atoms with Gasteiger partial charge in [0.1, 0.15) is 0 Å². The maximum atomic E-state index is 2.35. The van der Waals surface area contributed by atoms with Gasteiger partial charge < -0.3 is 0 Å². The fourth-order valence-corrected chi connectivity index (χ4v) is 17.1. The van der Waals surface area contributed by atoms with Crippen LogP contribution in [0, 0.1) is 32.5 Å². The summed E-state index contributed by atoms with van der Waals surface area (Å²) in [7, 11) is 0. The molecule has 0 bridgehead atoms. The standard InChI is InChI=1S/C22H46S.C18H38S.C14H30S2.C14H30S.C9H20S.C7H16/c1-5-6-7-8-9-10-11-12-13-14-15-16-17-18-20-23-21-19-22(2,3)4;1-5-6-7-8-9-10-11-12-13-14-16-19-17-15-18(2,3)4;1-6-10-15-12-13(16-11-7-2)8-9-14(3,4)5;1-5-6-7-8-9-10-12-15-13-11-14(2,3)4;1-5-7-10-8-6-9(2,3)4;1-5-6-7(2,3)4/h5-21H2,1-4H3;5-17H2,1-4H3;13H,6-12H2,1-5H3;5-13H2,1-4H3;5-8H2,1-4H3;5-6H2,1-4H3. The van der Waals surface area contributed by atoms with Crippen molar-refractivity contribution in [1.29, 1.82) is 0 Å². The van der Waals surface area contributed by atoms with Crippen molar-refractivity contribution in [2.75, 3.05) is 63.3 Å². The summed E-state index contributed by atoms with van der Waals surface area (Å²) >= 11 is 12.9. The van der Waals surface area contributed by atoms with Crippen LogP contribution >= 0.6 is 70.6 Å². The zero-order valence-corrected chi connectivity index (χ0v) is 72.7. The summed E-state index contributed by atoms with van der Waals surface area (Å²) in [6, 6.07) is 0. The number of hydrogen-bond donors (Lipinski definition) is 0. The molecule has 0 aromatic rings. The second kappa shape index (κ2) is 75.3. The van der Waals surface area contributed by atoms with E-state index >= 15 is 0 Å². The van der Waals surface area contributed by atoms with Crippen LogP contribution in [0.1, 0.15) is 436 Å². The highest BCUT2D eigenvalue weighted by molar-refractivity contribution is 8.03. The average molecular weight is 1380 g/mol. The lowest BCUT2D eigenvalue weighted by molar-refractivity contribution is 0.366. The second-order valence-corrected chi connectivity index (χ2v) is 41.7. The third kappa shape index (κ3) is 124. The summed E-state index contributed by atoms with van der Waals surface area (Å²) in [5, 5.41) is 0.885. The van der Waals surface area contributed by atoms with Crippen molar-refractivity contribution >= 4 is 70.6 Å². The van der Waals surface area contributed by atoms with Crippen molar-refractivity contribution in [3.05, 3.63) is 0 Å². The summed E-state index contributed by atoms with van der Waals surface area (Å²) in [4.78, 5) is 0. The molecule has 0 amide bonds. The fourth-order valence-electron chi connectivity index (χ4n) is 9.34. The van der Waals surface area contributed by atoms with E-state index < -0.39 is 0 Å². The Hall–Kier alpha value is 2.10. The molecule has 552 valence electrons. The van der Waals surface area contributed by atoms with Crippen LogP contribution in [0.3, 0.4) is 0 Å². The number of unbranched alkanes of at least 4 members (excludes halogenated alkanes) is 27. The van der Waals surface area contributed by atoms with Gasteiger partial charge in [-0.2, -0.15) is 70.6 Å². The van der Waals surface area contributed by atoms with Gasteiger partial charge in [-0.1, -0.05) is 353 Å². The summed E-state index contributed by atoms with van der Waals surface area (Å²) < 4.78 is 0. The van der Waals surface area contributed by atoms with Crippen LogP contribution in [0.15, 0.2) is 0 Å². The van der Waals surface area contributed by atoms with E-state index in [1.807, 2.05) is 0 Å². The predicted octanol–water partition coefficient (Wildman–Crippen LogP) is 33.1. The van der Waals surface area contributed by atoms with Gasteiger partial charge in [-0.05, 0) is 173 Å². The third-order valence-corrected chi connectivity index (χ3v) is 23.2. The quantitative estimate of drug-likeness (QED) is 0.0553. The Balaban J connectivity index is -0.000000243. The van der Waals surface area contributed by atoms with Gasteiger partial charge in [0.2, 0.25) is 0 Å². The third-order valence-electron chi connectivity index (χ3n) is 15.7. The lowest BCUT2D eigenvalue weighted by Gasteiger charge is -2.22. The Kier molecular flexibility index (Phi) is 86.3. The van der Waals surface area contributed by atoms with Crippen molar-refractivity contribution in [3.8, 4) is 0 Å². The molecule has 0 spiro atoms. The fraction of sp³-hybridized carbons (Fsp3) is 1.00. The van der Waals surface area contributed by atoms with Gasteiger partial charge in [0, 0.05) is 11.0 Å². The Morgan fingerprint density at radius 1 is 0.189 bits per heavy atom. The van der Waals surface area contributed by atoms with Crippen LogP contribution in [-0.4, -0.2) is 68.5 Å². The van der Waals surface area contributed by atoms with E-state index in [-0.39, 0.29) is 0 Å². The van der Waals surface area contributed by atoms with Crippen LogP contribution in [0.4, 0.5) is 0 Å². The first-order valence-electron chi connectivity index (χ1n) is 39.8. The molecule has 0 aromatic heterocycles. The Labute approximate surface area is 603 Å². The first-order chi connectivity index (χ1) is 42.3. The van der Waals surface area contributed by atoms with Crippen LogP contribution in [0.25, 0.3) is 0 Å². The molecule has 0 radical (unpaired) electrons. The molecular formula is C84H180S6. The maximum absolute atomic E-state index is 2.35. The summed E-state index contributed by atoms with van der Waals surface area (Å²) in [5.74, 6) is 14.9. The van der Waals surface area contributed by atoms with Gasteiger partial charge in [-0.25, -0.2) is 0 Å². The van der Waals surface area contributed by atoms with Crippen molar-refractivity contribution in [3.63, 3.8) is 0 Å². The minimum atomic E-state index is 0.500. The summed E-state index contributed by atoms with van der Waals surface area (Å²) in [6.45, 7) is 57.8. The van der Waals surface area contributed by atoms with Crippen LogP contribution in [0.2, 0.25) is 0 Å². The molecule has 0 heterocycles. The molecule has 0 aliphatic carbocycles. The van der Waals surface area contributed by atoms with E-state index in [4.69, 9.17) is 0 Å². The lowest BCUT2D eigenvalue weighted by Crippen LogP contribution is -2.13. The number of hydrogen-bond acceptors (Lipinski definition) is 6. The van der Waals surface area contributed by atoms with E-state index in [9.17, 15) is 0 Å². The largest absolute Gasteiger partial charge is 0.162 e. The van der Waals surface area contributed by atoms with E-state index in [1.54, 1.807) is 0 Å². The molecule has 0 fully saturated rings. The zero-order valence-electron chi connectivity index (χ0n) is 67.8. The summed E-state index contributed by atoms with van der Waals surface area (Å²) in [5.41, 5.74) is 3.14. The van der Waals surface area contributed by atoms with Crippen molar-refractivity contribution in [2.24, 2.45) is 32.5 Å². The van der Waals surface area contributed by atoms with Crippen LogP contribution in [0.5, 0.6) is 0 Å². The highest BCUT2D eigenvalue weighted by Gasteiger charge is 2.16. The minimum absolute atomic E-state index is 0.500. The molecule has 1 unspecified atom stereocenters. The van der Waals surface area contributed by atoms with Gasteiger partial charge in [-0.3, -0.25) is 0 Å². The van der Waals surface area contributed by atoms with E-state index in [2.05, 4.69) is 244 Å². The minimum Gasteiger partial charge on any atom is -0.162 e. The first-order valence-corrected chi connectivity index (χ1v) is 46.6. The van der Waals surface area contributed by atoms with Gasteiger partial charge in [0.25, 0.3) is 0 Å². The molecule has 0 saturated heterocycles. The molecule has 0 aromatic carbocycles. The Morgan fingerprint density at radius 2 is 0.411 bits per heavy atom. The monoisotopic (exact) mass is 1380 g/mol. The number of rotatable bonds is 53. The normalized spacial score (nSPS) is 12.4. The number of thioether (sulfide) groups is 6. The van der Waals surface area contributed by atoms with Gasteiger partial charge in [-0.15, -0.1) is 0 Å². The van der Waals surface area contributed by atoms with E-state index in [1.165, 1.54) is 327 Å². The summed E-state index contributed by atoms with van der Waals surface area (Å²) in [6.07, 6.45) is 58.3. The zero-order chi connectivity index (χ0) is 69.6. The van der Waals surface area contributed by atoms with E-state index in [0.29, 0.717) is 32.5 Å². The average Bonchev–Trinajstić information content (AvgIpc) is 3.52. The van der Waals surface area contributed by atoms with Gasteiger partial charge >= 0.3 is 0 Å². The van der Waals surface area contributed by atoms with Gasteiger partial charge in [0.15, 0.2) is 0 Å². The molecule has 0 aliphatic heterocycles. The van der Waals surface area contributed by atoms with Crippen molar-refractivity contribution < 1.29 is 0 Å². The molecule has 6 heteroatoms. The molecule has 90 heavy (non-hydrogen) atoms. The molecule has 0 rings (SSSR count). The van der Waals surface area contributed by atoms with Gasteiger partial charge in [0.05, 0.1) is 0 Å². The Bertz CT molecular complexity index is 1260.